The van der Waals surface area contributed by atoms with Gasteiger partial charge in [-0.05, 0) is 22.6 Å². The molecular weight excluding hydrogens is 167 g/mol. The van der Waals surface area contributed by atoms with Gasteiger partial charge in [-0.3, -0.25) is 0 Å². The maximum Gasteiger partial charge on any atom is 0.106 e. The molecule has 0 heterocycles. The third-order valence-corrected chi connectivity index (χ3v) is 0. The van der Waals surface area contributed by atoms with Crippen LogP contribution in [0.1, 0.15) is 1.37 Å². The topological polar surface area (TPSA) is 52.0 Å². The van der Waals surface area contributed by atoms with Crippen molar-refractivity contribution in [1.29, 1.82) is 0 Å². The Bertz CT molecular complexity index is 25.1. The van der Waals surface area contributed by atoms with E-state index in [1.807, 2.05) is 0 Å². The maximum atomic E-state index is 6.48. The van der Waals surface area contributed by atoms with Crippen LogP contribution in [-0.4, -0.2) is 4.15 Å². The van der Waals surface area contributed by atoms with E-state index in [0.717, 1.165) is 0 Å². The Balaban J connectivity index is 3.02. The van der Waals surface area contributed by atoms with E-state index in [1.54, 1.807) is 22.6 Å². The maximum absolute atomic E-state index is 6.48. The first-order valence-electron chi connectivity index (χ1n) is 1.27. The van der Waals surface area contributed by atoms with Crippen molar-refractivity contribution in [3.8, 4) is 0 Å². The number of rotatable bonds is 0. The van der Waals surface area contributed by atoms with Crippen LogP contribution in [0.4, 0.5) is 0 Å². The van der Waals surface area contributed by atoms with Crippen LogP contribution >= 0.6 is 22.6 Å². The van der Waals surface area contributed by atoms with E-state index in [2.05, 4.69) is 0 Å². The monoisotopic (exact) mass is 173 g/mol. The number of alkyl halides is 1. The first-order chi connectivity index (χ1) is 2.00. The Labute approximate surface area is 40.1 Å². The molecule has 0 aliphatic carbocycles. The van der Waals surface area contributed by atoms with E-state index in [0.29, 0.717) is 0 Å². The highest BCUT2D eigenvalue weighted by Crippen LogP contribution is 1.72. The molecule has 2 nitrogen and oxygen atoms in total. The molecule has 3 heteroatoms. The van der Waals surface area contributed by atoms with E-state index >= 15 is 0 Å². The Hall–Kier alpha value is 0.650. The highest BCUT2D eigenvalue weighted by molar-refractivity contribution is 14.1. The standard InChI is InChI=1S/CH5IN2/c2-1(3)4/h1H,3-4H2/i1D. The Morgan fingerprint density at radius 3 is 2.00 bits per heavy atom. The van der Waals surface area contributed by atoms with Crippen molar-refractivity contribution in [2.45, 2.75) is 4.15 Å². The van der Waals surface area contributed by atoms with Crippen LogP contribution in [0.5, 0.6) is 0 Å². The first kappa shape index (κ1) is 2.87. The van der Waals surface area contributed by atoms with Gasteiger partial charge < -0.3 is 11.5 Å². The van der Waals surface area contributed by atoms with Gasteiger partial charge in [-0.1, -0.05) is 0 Å². The summed E-state index contributed by atoms with van der Waals surface area (Å²) in [6.07, 6.45) is 0. The molecule has 0 aromatic carbocycles. The van der Waals surface area contributed by atoms with E-state index in [4.69, 9.17) is 12.8 Å². The van der Waals surface area contributed by atoms with Gasteiger partial charge in [-0.2, -0.15) is 0 Å². The van der Waals surface area contributed by atoms with Gasteiger partial charge in [-0.25, -0.2) is 0 Å². The highest BCUT2D eigenvalue weighted by Gasteiger charge is 1.69. The fraction of sp³-hybridized carbons (Fsp3) is 1.00. The van der Waals surface area contributed by atoms with Gasteiger partial charge in [0.05, 0.1) is 1.37 Å². The van der Waals surface area contributed by atoms with E-state index in [1.165, 1.54) is 0 Å². The molecule has 0 aliphatic heterocycles. The lowest BCUT2D eigenvalue weighted by Crippen LogP contribution is -2.21. The second-order valence-electron chi connectivity index (χ2n) is 0.385. The van der Waals surface area contributed by atoms with Gasteiger partial charge >= 0.3 is 0 Å². The zero-order valence-electron chi connectivity index (χ0n) is 3.03. The Morgan fingerprint density at radius 1 is 2.00 bits per heavy atom. The molecule has 0 aromatic heterocycles. The summed E-state index contributed by atoms with van der Waals surface area (Å²) in [4.78, 5) is 0. The molecule has 0 aliphatic rings. The SMILES string of the molecule is [2H]C(N)(N)I. The Morgan fingerprint density at radius 2 is 2.00 bits per heavy atom. The van der Waals surface area contributed by atoms with Crippen molar-refractivity contribution < 1.29 is 1.37 Å². The molecule has 4 heavy (non-hydrogen) atoms. The van der Waals surface area contributed by atoms with Gasteiger partial charge in [-0.15, -0.1) is 0 Å². The molecule has 0 unspecified atom stereocenters. The summed E-state index contributed by atoms with van der Waals surface area (Å²) < 4.78 is 5.20. The molecular formula is CH5IN2. The molecule has 0 saturated heterocycles. The van der Waals surface area contributed by atoms with E-state index in [-0.39, 0.29) is 0 Å². The predicted molar refractivity (Wildman–Crippen MR) is 26.2 cm³/mol. The average molecular weight is 173 g/mol. The fourth-order valence-corrected chi connectivity index (χ4v) is 0. The largest absolute Gasteiger partial charge is 0.308 e. The zero-order chi connectivity index (χ0) is 4.50. The first-order valence-corrected chi connectivity index (χ1v) is 1.85. The van der Waals surface area contributed by atoms with Crippen LogP contribution in [-0.2, 0) is 0 Å². The van der Waals surface area contributed by atoms with Crippen LogP contribution < -0.4 is 11.5 Å². The molecule has 0 aromatic rings. The van der Waals surface area contributed by atoms with Gasteiger partial charge in [0, 0.05) is 0 Å². The molecule has 26 valence electrons. The summed E-state index contributed by atoms with van der Waals surface area (Å²) >= 11 is 1.60. The van der Waals surface area contributed by atoms with E-state index < -0.39 is 4.15 Å². The molecule has 4 N–H and O–H groups in total. The lowest BCUT2D eigenvalue weighted by atomic mass is 11.3. The Kier molecular flexibility index (Phi) is 1.38. The minimum Gasteiger partial charge on any atom is -0.308 e. The molecule has 0 spiro atoms. The van der Waals surface area contributed by atoms with Crippen molar-refractivity contribution in [3.05, 3.63) is 0 Å². The van der Waals surface area contributed by atoms with Gasteiger partial charge in [0.15, 0.2) is 0 Å². The predicted octanol–water partition coefficient (Wildman–Crippen LogP) is -0.378. The van der Waals surface area contributed by atoms with Crippen LogP contribution in [0.15, 0.2) is 0 Å². The minimum atomic E-state index is -1.28. The molecule has 0 amide bonds. The average Bonchev–Trinajstić information content (AvgIpc) is 0.722. The smallest absolute Gasteiger partial charge is 0.106 e. The molecule has 0 saturated carbocycles. The van der Waals surface area contributed by atoms with Gasteiger partial charge in [0.1, 0.15) is 4.15 Å². The molecule has 0 fully saturated rings. The zero-order valence-corrected chi connectivity index (χ0v) is 4.19. The summed E-state index contributed by atoms with van der Waals surface area (Å²) in [5, 5.41) is 0. The lowest BCUT2D eigenvalue weighted by molar-refractivity contribution is 1.03. The van der Waals surface area contributed by atoms with Crippen LogP contribution in [0.2, 0.25) is 0 Å². The second kappa shape index (κ2) is 1.92. The lowest BCUT2D eigenvalue weighted by Gasteiger charge is -1.80. The van der Waals surface area contributed by atoms with Crippen molar-refractivity contribution >= 4 is 22.6 Å². The number of hydrogen-bond donors (Lipinski definition) is 2. The van der Waals surface area contributed by atoms with Crippen molar-refractivity contribution in [3.63, 3.8) is 0 Å². The second-order valence-corrected chi connectivity index (χ2v) is 1.63. The van der Waals surface area contributed by atoms with Crippen molar-refractivity contribution in [2.24, 2.45) is 11.5 Å². The van der Waals surface area contributed by atoms with Crippen LogP contribution in [0.25, 0.3) is 0 Å². The minimum absolute atomic E-state index is 1.28. The molecule has 0 atom stereocenters. The highest BCUT2D eigenvalue weighted by atomic mass is 127. The normalized spacial score (nSPS) is 15.2. The quantitative estimate of drug-likeness (QED) is 0.227. The third-order valence-electron chi connectivity index (χ3n) is 0. The summed E-state index contributed by atoms with van der Waals surface area (Å²) in [6.45, 7) is 0. The van der Waals surface area contributed by atoms with Crippen LogP contribution in [0.3, 0.4) is 0 Å². The van der Waals surface area contributed by atoms with Crippen molar-refractivity contribution in [2.75, 3.05) is 0 Å². The molecule has 0 rings (SSSR count). The molecule has 0 bridgehead atoms. The fourth-order valence-electron chi connectivity index (χ4n) is 0. The van der Waals surface area contributed by atoms with Gasteiger partial charge in [0.2, 0.25) is 0 Å². The molecule has 0 radical (unpaired) electrons. The van der Waals surface area contributed by atoms with Gasteiger partial charge in [0.25, 0.3) is 0 Å². The summed E-state index contributed by atoms with van der Waals surface area (Å²) in [7, 11) is 0. The number of nitrogens with two attached hydrogens (primary N) is 2. The summed E-state index contributed by atoms with van der Waals surface area (Å²) in [5.41, 5.74) is 9.57. The summed E-state index contributed by atoms with van der Waals surface area (Å²) in [6, 6.07) is 0. The summed E-state index contributed by atoms with van der Waals surface area (Å²) in [5.74, 6) is 0. The van der Waals surface area contributed by atoms with E-state index in [9.17, 15) is 0 Å². The van der Waals surface area contributed by atoms with Crippen molar-refractivity contribution in [1.82, 2.24) is 0 Å². The van der Waals surface area contributed by atoms with Crippen LogP contribution in [0, 0.1) is 0 Å². The number of halogens is 1. The third kappa shape index (κ3) is 17.1. The number of hydrogen-bond acceptors (Lipinski definition) is 2.